The Morgan fingerprint density at radius 2 is 1.75 bits per heavy atom. The Morgan fingerprint density at radius 1 is 1.14 bits per heavy atom. The quantitative estimate of drug-likeness (QED) is 0.668. The fourth-order valence-corrected chi connectivity index (χ4v) is 4.80. The van der Waals surface area contributed by atoms with Crippen molar-refractivity contribution < 1.29 is 4.79 Å². The molecule has 1 aromatic carbocycles. The number of carbonyl (C=O) groups is 1. The van der Waals surface area contributed by atoms with Crippen molar-refractivity contribution in [3.63, 3.8) is 0 Å². The molecular formula is C22H32N4OS. The van der Waals surface area contributed by atoms with Crippen LogP contribution < -0.4 is 0 Å². The SMILES string of the molecule is CC(Sc1nnc(-c2ccc(C(C)(C)C)cc2)n1C1CCCC1)C(=O)N(C)C. The highest BCUT2D eigenvalue weighted by Gasteiger charge is 2.27. The Balaban J connectivity index is 1.95. The molecule has 6 heteroatoms. The van der Waals surface area contributed by atoms with Crippen LogP contribution in [0.4, 0.5) is 0 Å². The second kappa shape index (κ2) is 8.27. The Labute approximate surface area is 172 Å². The van der Waals surface area contributed by atoms with Gasteiger partial charge in [-0.3, -0.25) is 9.36 Å². The summed E-state index contributed by atoms with van der Waals surface area (Å²) >= 11 is 1.51. The van der Waals surface area contributed by atoms with Gasteiger partial charge in [0.05, 0.1) is 5.25 Å². The maximum atomic E-state index is 12.3. The first-order valence-electron chi connectivity index (χ1n) is 10.1. The zero-order valence-electron chi connectivity index (χ0n) is 17.9. The molecule has 0 saturated heterocycles. The van der Waals surface area contributed by atoms with E-state index in [-0.39, 0.29) is 16.6 Å². The Bertz CT molecular complexity index is 814. The predicted molar refractivity (Wildman–Crippen MR) is 116 cm³/mol. The van der Waals surface area contributed by atoms with E-state index in [9.17, 15) is 4.79 Å². The molecule has 1 fully saturated rings. The second-order valence-corrected chi connectivity index (χ2v) is 10.2. The highest BCUT2D eigenvalue weighted by Crippen LogP contribution is 2.38. The van der Waals surface area contributed by atoms with Crippen molar-refractivity contribution in [1.82, 2.24) is 19.7 Å². The first-order chi connectivity index (χ1) is 13.2. The van der Waals surface area contributed by atoms with Crippen LogP contribution in [0, 0.1) is 0 Å². The summed E-state index contributed by atoms with van der Waals surface area (Å²) in [7, 11) is 3.59. The number of hydrogen-bond acceptors (Lipinski definition) is 4. The fourth-order valence-electron chi connectivity index (χ4n) is 3.74. The first kappa shape index (κ1) is 20.9. The lowest BCUT2D eigenvalue weighted by molar-refractivity contribution is -0.127. The Kier molecular flexibility index (Phi) is 6.18. The fraction of sp³-hybridized carbons (Fsp3) is 0.591. The van der Waals surface area contributed by atoms with Crippen molar-refractivity contribution in [1.29, 1.82) is 0 Å². The summed E-state index contributed by atoms with van der Waals surface area (Å²) in [6, 6.07) is 9.09. The molecule has 1 aliphatic rings. The van der Waals surface area contributed by atoms with Crippen LogP contribution in [0.25, 0.3) is 11.4 Å². The average Bonchev–Trinajstić information content (AvgIpc) is 3.29. The second-order valence-electron chi connectivity index (χ2n) is 8.93. The van der Waals surface area contributed by atoms with Crippen molar-refractivity contribution in [2.75, 3.05) is 14.1 Å². The summed E-state index contributed by atoms with van der Waals surface area (Å²) in [5, 5.41) is 9.71. The van der Waals surface area contributed by atoms with Crippen LogP contribution in [-0.2, 0) is 10.2 Å². The van der Waals surface area contributed by atoms with E-state index < -0.39 is 0 Å². The number of benzene rings is 1. The van der Waals surface area contributed by atoms with Gasteiger partial charge in [0.2, 0.25) is 5.91 Å². The van der Waals surface area contributed by atoms with Gasteiger partial charge in [-0.05, 0) is 30.7 Å². The molecule has 0 aliphatic heterocycles. The predicted octanol–water partition coefficient (Wildman–Crippen LogP) is 4.93. The number of nitrogens with zero attached hydrogens (tertiary/aromatic N) is 4. The van der Waals surface area contributed by atoms with Gasteiger partial charge in [-0.1, -0.05) is 69.6 Å². The number of amides is 1. The lowest BCUT2D eigenvalue weighted by Crippen LogP contribution is -2.30. The van der Waals surface area contributed by atoms with E-state index in [0.717, 1.165) is 29.4 Å². The van der Waals surface area contributed by atoms with Crippen LogP contribution in [0.1, 0.15) is 65.0 Å². The highest BCUT2D eigenvalue weighted by molar-refractivity contribution is 8.00. The van der Waals surface area contributed by atoms with E-state index in [4.69, 9.17) is 0 Å². The Morgan fingerprint density at radius 3 is 2.29 bits per heavy atom. The molecule has 1 aromatic heterocycles. The third-order valence-electron chi connectivity index (χ3n) is 5.43. The molecular weight excluding hydrogens is 368 g/mol. The van der Waals surface area contributed by atoms with E-state index in [0.29, 0.717) is 6.04 Å². The molecule has 2 aromatic rings. The minimum atomic E-state index is -0.185. The zero-order valence-corrected chi connectivity index (χ0v) is 18.7. The molecule has 0 spiro atoms. The van der Waals surface area contributed by atoms with Crippen molar-refractivity contribution in [2.45, 2.75) is 75.2 Å². The number of aromatic nitrogens is 3. The van der Waals surface area contributed by atoms with E-state index in [1.54, 1.807) is 19.0 Å². The summed E-state index contributed by atoms with van der Waals surface area (Å²) in [5.41, 5.74) is 2.52. The monoisotopic (exact) mass is 400 g/mol. The number of rotatable bonds is 5. The molecule has 28 heavy (non-hydrogen) atoms. The van der Waals surface area contributed by atoms with Crippen LogP contribution in [0.5, 0.6) is 0 Å². The van der Waals surface area contributed by atoms with Gasteiger partial charge < -0.3 is 4.90 Å². The summed E-state index contributed by atoms with van der Waals surface area (Å²) in [6.45, 7) is 8.61. The van der Waals surface area contributed by atoms with Gasteiger partial charge in [0.1, 0.15) is 0 Å². The van der Waals surface area contributed by atoms with Gasteiger partial charge in [0.15, 0.2) is 11.0 Å². The van der Waals surface area contributed by atoms with Gasteiger partial charge in [-0.25, -0.2) is 0 Å². The third-order valence-corrected chi connectivity index (χ3v) is 6.48. The number of thioether (sulfide) groups is 1. The van der Waals surface area contributed by atoms with Crippen molar-refractivity contribution in [3.05, 3.63) is 29.8 Å². The van der Waals surface area contributed by atoms with Crippen LogP contribution in [0.15, 0.2) is 29.4 Å². The van der Waals surface area contributed by atoms with E-state index in [1.165, 1.54) is 30.2 Å². The van der Waals surface area contributed by atoms with Gasteiger partial charge in [0.25, 0.3) is 0 Å². The largest absolute Gasteiger partial charge is 0.348 e. The molecule has 0 bridgehead atoms. The maximum absolute atomic E-state index is 12.3. The molecule has 152 valence electrons. The van der Waals surface area contributed by atoms with Crippen LogP contribution in [0.3, 0.4) is 0 Å². The number of carbonyl (C=O) groups excluding carboxylic acids is 1. The smallest absolute Gasteiger partial charge is 0.235 e. The molecule has 5 nitrogen and oxygen atoms in total. The van der Waals surface area contributed by atoms with Gasteiger partial charge >= 0.3 is 0 Å². The minimum absolute atomic E-state index is 0.0991. The van der Waals surface area contributed by atoms with Crippen LogP contribution in [0.2, 0.25) is 0 Å². The maximum Gasteiger partial charge on any atom is 0.235 e. The topological polar surface area (TPSA) is 51.0 Å². The van der Waals surface area contributed by atoms with Gasteiger partial charge in [0, 0.05) is 25.7 Å². The molecule has 1 atom stereocenters. The van der Waals surface area contributed by atoms with E-state index >= 15 is 0 Å². The molecule has 3 rings (SSSR count). The molecule has 1 saturated carbocycles. The average molecular weight is 401 g/mol. The molecule has 0 radical (unpaired) electrons. The normalized spacial score (nSPS) is 16.4. The summed E-state index contributed by atoms with van der Waals surface area (Å²) in [4.78, 5) is 14.0. The lowest BCUT2D eigenvalue weighted by atomic mass is 9.86. The molecule has 1 unspecified atom stereocenters. The van der Waals surface area contributed by atoms with Crippen LogP contribution in [-0.4, -0.2) is 44.9 Å². The van der Waals surface area contributed by atoms with Gasteiger partial charge in [-0.2, -0.15) is 0 Å². The highest BCUT2D eigenvalue weighted by atomic mass is 32.2. The molecule has 1 amide bonds. The van der Waals surface area contributed by atoms with Crippen molar-refractivity contribution in [2.24, 2.45) is 0 Å². The molecule has 0 N–H and O–H groups in total. The molecule has 1 aliphatic carbocycles. The van der Waals surface area contributed by atoms with Crippen molar-refractivity contribution >= 4 is 17.7 Å². The van der Waals surface area contributed by atoms with Gasteiger partial charge in [-0.15, -0.1) is 10.2 Å². The summed E-state index contributed by atoms with van der Waals surface area (Å²) < 4.78 is 2.28. The first-order valence-corrected chi connectivity index (χ1v) is 11.0. The number of hydrogen-bond donors (Lipinski definition) is 0. The van der Waals surface area contributed by atoms with Crippen LogP contribution >= 0.6 is 11.8 Å². The lowest BCUT2D eigenvalue weighted by Gasteiger charge is -2.21. The van der Waals surface area contributed by atoms with Crippen molar-refractivity contribution in [3.8, 4) is 11.4 Å². The minimum Gasteiger partial charge on any atom is -0.348 e. The standard InChI is InChI=1S/C22H32N4OS/c1-15(20(27)25(5)6)28-21-24-23-19(26(21)18-9-7-8-10-18)16-11-13-17(14-12-16)22(2,3)4/h11-15,18H,7-10H2,1-6H3. The molecule has 1 heterocycles. The summed E-state index contributed by atoms with van der Waals surface area (Å²) in [5.74, 6) is 1.02. The zero-order chi connectivity index (χ0) is 20.5. The Hall–Kier alpha value is -1.82. The third kappa shape index (κ3) is 4.43. The van der Waals surface area contributed by atoms with E-state index in [2.05, 4.69) is 59.8 Å². The summed E-state index contributed by atoms with van der Waals surface area (Å²) in [6.07, 6.45) is 4.77. The van der Waals surface area contributed by atoms with E-state index in [1.807, 2.05) is 6.92 Å².